The lowest BCUT2D eigenvalue weighted by molar-refractivity contribution is -0.118. The molecule has 8 heteroatoms. The zero-order chi connectivity index (χ0) is 22.1. The van der Waals surface area contributed by atoms with Gasteiger partial charge in [-0.1, -0.05) is 0 Å². The third-order valence-electron chi connectivity index (χ3n) is 4.78. The molecule has 0 atom stereocenters. The van der Waals surface area contributed by atoms with Crippen LogP contribution in [0.2, 0.25) is 0 Å². The van der Waals surface area contributed by atoms with E-state index in [-0.39, 0.29) is 17.1 Å². The highest BCUT2D eigenvalue weighted by Crippen LogP contribution is 2.24. The monoisotopic (exact) mass is 405 g/mol. The number of halogens is 2. The highest BCUT2D eigenvalue weighted by Gasteiger charge is 2.31. The van der Waals surface area contributed by atoms with E-state index in [1.165, 1.54) is 36.6 Å². The van der Waals surface area contributed by atoms with Crippen molar-refractivity contribution in [3.63, 3.8) is 0 Å². The maximum Gasteiger partial charge on any atom is 0.294 e. The Bertz CT molecular complexity index is 994. The number of aryl methyl sites for hydroxylation is 1. The Hall–Kier alpha value is -3.03. The molecule has 1 aromatic heterocycles. The molecule has 0 bridgehead atoms. The molecule has 2 N–H and O–H groups in total. The first-order valence-electron chi connectivity index (χ1n) is 9.05. The van der Waals surface area contributed by atoms with Gasteiger partial charge in [-0.25, -0.2) is 8.78 Å². The van der Waals surface area contributed by atoms with Crippen LogP contribution in [0.3, 0.4) is 0 Å². The Morgan fingerprint density at radius 1 is 1.14 bits per heavy atom. The minimum Gasteiger partial charge on any atom is -0.344 e. The number of carbonyl (C=O) groups is 3. The molecule has 0 radical (unpaired) electrons. The number of ketones is 1. The maximum atomic E-state index is 13.4. The second kappa shape index (κ2) is 8.14. The molecule has 6 nitrogen and oxygen atoms in total. The van der Waals surface area contributed by atoms with Gasteiger partial charge in [0.1, 0.15) is 12.5 Å². The minimum atomic E-state index is -1.18. The van der Waals surface area contributed by atoms with Crippen molar-refractivity contribution in [2.75, 3.05) is 12.0 Å². The van der Waals surface area contributed by atoms with Crippen LogP contribution in [0.15, 0.2) is 18.2 Å². The van der Waals surface area contributed by atoms with E-state index in [9.17, 15) is 23.2 Å². The number of nitrogens with one attached hydrogen (secondary N) is 2. The zero-order valence-electron chi connectivity index (χ0n) is 17.4. The molecule has 2 rings (SSSR count). The molecule has 156 valence electrons. The van der Waals surface area contributed by atoms with E-state index in [2.05, 4.69) is 10.6 Å². The normalized spacial score (nSPS) is 11.3. The fraction of sp³-hybridized carbons (Fsp3) is 0.381. The lowest BCUT2D eigenvalue weighted by atomic mass is 10.0. The highest BCUT2D eigenvalue weighted by atomic mass is 19.1. The summed E-state index contributed by atoms with van der Waals surface area (Å²) in [6.45, 7) is 6.90. The lowest BCUT2D eigenvalue weighted by Gasteiger charge is -2.21. The van der Waals surface area contributed by atoms with Crippen LogP contribution in [0.4, 0.5) is 14.5 Å². The molecule has 1 aromatic carbocycles. The van der Waals surface area contributed by atoms with Crippen LogP contribution in [0.5, 0.6) is 0 Å². The van der Waals surface area contributed by atoms with Gasteiger partial charge < -0.3 is 15.2 Å². The Morgan fingerprint density at radius 2 is 1.76 bits per heavy atom. The van der Waals surface area contributed by atoms with Crippen LogP contribution in [-0.4, -0.2) is 34.4 Å². The predicted molar refractivity (Wildman–Crippen MR) is 107 cm³/mol. The molecule has 2 aromatic rings. The molecule has 0 saturated heterocycles. The molecule has 0 fully saturated rings. The van der Waals surface area contributed by atoms with E-state index in [4.69, 9.17) is 0 Å². The van der Waals surface area contributed by atoms with Crippen LogP contribution >= 0.6 is 0 Å². The number of carbonyl (C=O) groups excluding carboxylic acids is 3. The molecule has 0 aliphatic heterocycles. The summed E-state index contributed by atoms with van der Waals surface area (Å²) in [6, 6.07) is 4.19. The van der Waals surface area contributed by atoms with Crippen LogP contribution in [0.25, 0.3) is 0 Å². The van der Waals surface area contributed by atoms with Gasteiger partial charge in [0, 0.05) is 18.4 Å². The molecule has 0 aliphatic carbocycles. The van der Waals surface area contributed by atoms with Gasteiger partial charge in [0.05, 0.1) is 16.8 Å². The number of hydrogen-bond acceptors (Lipinski definition) is 3. The van der Waals surface area contributed by atoms with E-state index in [0.717, 1.165) is 0 Å². The summed E-state index contributed by atoms with van der Waals surface area (Å²) in [6.07, 6.45) is 0. The smallest absolute Gasteiger partial charge is 0.294 e. The van der Waals surface area contributed by atoms with Gasteiger partial charge >= 0.3 is 0 Å². The average molecular weight is 405 g/mol. The third kappa shape index (κ3) is 4.52. The third-order valence-corrected chi connectivity index (χ3v) is 4.78. The number of amides is 2. The molecule has 1 heterocycles. The number of rotatable bonds is 6. The van der Waals surface area contributed by atoms with Gasteiger partial charge in [0.2, 0.25) is 0 Å². The van der Waals surface area contributed by atoms with Gasteiger partial charge in [0.25, 0.3) is 17.6 Å². The topological polar surface area (TPSA) is 80.2 Å². The lowest BCUT2D eigenvalue weighted by Crippen LogP contribution is -2.48. The van der Waals surface area contributed by atoms with Crippen molar-refractivity contribution in [2.24, 2.45) is 7.05 Å². The zero-order valence-corrected chi connectivity index (χ0v) is 17.4. The van der Waals surface area contributed by atoms with Crippen molar-refractivity contribution in [1.29, 1.82) is 0 Å². The summed E-state index contributed by atoms with van der Waals surface area (Å²) >= 11 is 0. The first kappa shape index (κ1) is 22.3. The molecule has 0 unspecified atom stereocenters. The number of anilines is 1. The van der Waals surface area contributed by atoms with Crippen molar-refractivity contribution < 1.29 is 23.2 Å². The van der Waals surface area contributed by atoms with Crippen LogP contribution in [-0.2, 0) is 11.8 Å². The number of alkyl halides is 1. The Morgan fingerprint density at radius 3 is 2.31 bits per heavy atom. The molecule has 0 spiro atoms. The largest absolute Gasteiger partial charge is 0.344 e. The van der Waals surface area contributed by atoms with Gasteiger partial charge in [-0.3, -0.25) is 14.4 Å². The Kier molecular flexibility index (Phi) is 6.25. The molecule has 2 amide bonds. The second-order valence-corrected chi connectivity index (χ2v) is 7.71. The summed E-state index contributed by atoms with van der Waals surface area (Å²) in [5, 5.41) is 5.04. The maximum absolute atomic E-state index is 13.4. The van der Waals surface area contributed by atoms with Gasteiger partial charge in [-0.15, -0.1) is 0 Å². The van der Waals surface area contributed by atoms with Gasteiger partial charge in [0.15, 0.2) is 0 Å². The van der Waals surface area contributed by atoms with Crippen molar-refractivity contribution in [3.8, 4) is 0 Å². The van der Waals surface area contributed by atoms with E-state index in [1.54, 1.807) is 27.8 Å². The number of hydrogen-bond donors (Lipinski definition) is 2. The first-order valence-corrected chi connectivity index (χ1v) is 9.05. The minimum absolute atomic E-state index is 0.0510. The Labute approximate surface area is 168 Å². The first-order chi connectivity index (χ1) is 13.4. The van der Waals surface area contributed by atoms with Gasteiger partial charge in [-0.2, -0.15) is 0 Å². The van der Waals surface area contributed by atoms with E-state index >= 15 is 0 Å². The molecular formula is C21H25F2N3O3. The van der Waals surface area contributed by atoms with Crippen LogP contribution in [0, 0.1) is 26.6 Å². The summed E-state index contributed by atoms with van der Waals surface area (Å²) in [4.78, 5) is 37.8. The van der Waals surface area contributed by atoms with Crippen molar-refractivity contribution >= 4 is 23.3 Å². The quantitative estimate of drug-likeness (QED) is 0.571. The van der Waals surface area contributed by atoms with E-state index < -0.39 is 29.8 Å². The van der Waals surface area contributed by atoms with Crippen molar-refractivity contribution in [2.45, 2.75) is 40.2 Å². The van der Waals surface area contributed by atoms with E-state index in [1.807, 2.05) is 0 Å². The van der Waals surface area contributed by atoms with Crippen molar-refractivity contribution in [3.05, 3.63) is 52.1 Å². The average Bonchev–Trinajstić information content (AvgIpc) is 2.86. The summed E-state index contributed by atoms with van der Waals surface area (Å²) in [7, 11) is 1.57. The second-order valence-electron chi connectivity index (χ2n) is 7.71. The number of aromatic nitrogens is 1. The summed E-state index contributed by atoms with van der Waals surface area (Å²) < 4.78 is 27.9. The van der Waals surface area contributed by atoms with E-state index in [0.29, 0.717) is 22.5 Å². The van der Waals surface area contributed by atoms with Crippen LogP contribution < -0.4 is 10.6 Å². The number of Topliss-reactive ketones (excluding diaryl/α,β-unsaturated/α-hetero) is 1. The molecule has 0 saturated carbocycles. The fourth-order valence-corrected chi connectivity index (χ4v) is 3.06. The van der Waals surface area contributed by atoms with Crippen LogP contribution in [0.1, 0.15) is 51.5 Å². The fourth-order valence-electron chi connectivity index (χ4n) is 3.06. The Balaban J connectivity index is 2.36. The van der Waals surface area contributed by atoms with Crippen molar-refractivity contribution in [1.82, 2.24) is 9.88 Å². The molecule has 29 heavy (non-hydrogen) atoms. The predicted octanol–water partition coefficient (Wildman–Crippen LogP) is 3.39. The standard InChI is InChI=1S/C21H25F2N3O3/c1-11-9-14(7-8-15(11)23)24-19(28)16-12(2)17(26(6)13(16)3)18(27)20(29)25-21(4,5)10-22/h7-9H,10H2,1-6H3,(H,24,28)(H,25,29). The number of nitrogens with zero attached hydrogens (tertiary/aromatic N) is 1. The SMILES string of the molecule is Cc1cc(NC(=O)c2c(C)c(C(=O)C(=O)NC(C)(C)CF)n(C)c2C)ccc1F. The van der Waals surface area contributed by atoms with Gasteiger partial charge in [-0.05, 0) is 63.9 Å². The molecular weight excluding hydrogens is 380 g/mol. The summed E-state index contributed by atoms with van der Waals surface area (Å²) in [5.74, 6) is -2.67. The molecule has 0 aliphatic rings. The highest BCUT2D eigenvalue weighted by molar-refractivity contribution is 6.43. The summed E-state index contributed by atoms with van der Waals surface area (Å²) in [5.41, 5.74) is 0.727. The number of benzene rings is 1.